The molecule has 0 saturated heterocycles. The third-order valence-electron chi connectivity index (χ3n) is 3.77. The van der Waals surface area contributed by atoms with Gasteiger partial charge in [-0.15, -0.1) is 11.3 Å². The van der Waals surface area contributed by atoms with E-state index in [1.54, 1.807) is 23.5 Å². The Balaban J connectivity index is 2.01. The van der Waals surface area contributed by atoms with Gasteiger partial charge in [0.05, 0.1) is 31.5 Å². The predicted molar refractivity (Wildman–Crippen MR) is 108 cm³/mol. The Morgan fingerprint density at radius 1 is 1.30 bits per heavy atom. The number of aromatic nitrogens is 1. The van der Waals surface area contributed by atoms with Crippen LogP contribution >= 0.6 is 11.3 Å². The van der Waals surface area contributed by atoms with E-state index in [4.69, 9.17) is 9.47 Å². The van der Waals surface area contributed by atoms with E-state index < -0.39 is 5.97 Å². The number of hydrogen-bond donors (Lipinski definition) is 2. The molecule has 0 spiro atoms. The number of aryl methyl sites for hydroxylation is 1. The van der Waals surface area contributed by atoms with Gasteiger partial charge in [0, 0.05) is 24.9 Å². The molecule has 27 heavy (non-hydrogen) atoms. The number of nitrogens with zero attached hydrogens (tertiary/aromatic N) is 2. The van der Waals surface area contributed by atoms with Gasteiger partial charge in [-0.1, -0.05) is 6.07 Å². The highest BCUT2D eigenvalue weighted by Crippen LogP contribution is 2.21. The Bertz CT molecular complexity index is 789. The molecule has 0 unspecified atom stereocenters. The number of carbonyl (C=O) groups is 1. The highest BCUT2D eigenvalue weighted by molar-refractivity contribution is 7.09. The van der Waals surface area contributed by atoms with E-state index in [-0.39, 0.29) is 0 Å². The third-order valence-corrected chi connectivity index (χ3v) is 4.60. The fraction of sp³-hybridized carbons (Fsp3) is 0.421. The Morgan fingerprint density at radius 3 is 2.74 bits per heavy atom. The van der Waals surface area contributed by atoms with Crippen LogP contribution in [0.3, 0.4) is 0 Å². The zero-order chi connectivity index (χ0) is 19.6. The maximum Gasteiger partial charge on any atom is 0.341 e. The predicted octanol–water partition coefficient (Wildman–Crippen LogP) is 2.54. The Kier molecular flexibility index (Phi) is 8.06. The second-order valence-electron chi connectivity index (χ2n) is 5.76. The summed E-state index contributed by atoms with van der Waals surface area (Å²) in [6, 6.07) is 5.38. The lowest BCUT2D eigenvalue weighted by atomic mass is 10.1. The first-order valence-electron chi connectivity index (χ1n) is 8.75. The maximum atomic E-state index is 11.9. The zero-order valence-electron chi connectivity index (χ0n) is 16.2. The molecular weight excluding hydrogens is 364 g/mol. The van der Waals surface area contributed by atoms with Crippen LogP contribution in [0.4, 0.5) is 0 Å². The van der Waals surface area contributed by atoms with Gasteiger partial charge in [0.15, 0.2) is 5.96 Å². The second kappa shape index (κ2) is 10.5. The van der Waals surface area contributed by atoms with Crippen LogP contribution in [0, 0.1) is 6.92 Å². The summed E-state index contributed by atoms with van der Waals surface area (Å²) >= 11 is 1.66. The quantitative estimate of drug-likeness (QED) is 0.409. The Labute approximate surface area is 163 Å². The second-order valence-corrected chi connectivity index (χ2v) is 6.82. The van der Waals surface area contributed by atoms with Crippen molar-refractivity contribution in [1.29, 1.82) is 0 Å². The fourth-order valence-electron chi connectivity index (χ4n) is 2.47. The number of thiazole rings is 1. The van der Waals surface area contributed by atoms with Crippen molar-refractivity contribution in [3.8, 4) is 5.75 Å². The lowest BCUT2D eigenvalue weighted by Gasteiger charge is -2.11. The van der Waals surface area contributed by atoms with Crippen LogP contribution in [0.15, 0.2) is 28.6 Å². The summed E-state index contributed by atoms with van der Waals surface area (Å²) in [4.78, 5) is 20.9. The number of benzene rings is 1. The average Bonchev–Trinajstić information content (AvgIpc) is 3.10. The lowest BCUT2D eigenvalue weighted by Crippen LogP contribution is -2.38. The number of methoxy groups -OCH3 is 2. The van der Waals surface area contributed by atoms with Crippen LogP contribution in [0.2, 0.25) is 0 Å². The summed E-state index contributed by atoms with van der Waals surface area (Å²) in [7, 11) is 2.88. The number of nitrogens with one attached hydrogen (secondary N) is 2. The van der Waals surface area contributed by atoms with Gasteiger partial charge in [-0.25, -0.2) is 14.8 Å². The van der Waals surface area contributed by atoms with Crippen molar-refractivity contribution >= 4 is 23.3 Å². The van der Waals surface area contributed by atoms with Crippen molar-refractivity contribution in [2.75, 3.05) is 27.3 Å². The van der Waals surface area contributed by atoms with Crippen LogP contribution in [-0.4, -0.2) is 44.2 Å². The molecule has 1 aromatic heterocycles. The minimum atomic E-state index is -0.429. The number of aliphatic imine (C=N–C) groups is 1. The SMILES string of the molecule is CCNC(=NCc1ccc(OC)c(C(=O)OC)c1)NCCc1csc(C)n1. The van der Waals surface area contributed by atoms with Gasteiger partial charge in [0.2, 0.25) is 0 Å². The number of ether oxygens (including phenoxy) is 2. The highest BCUT2D eigenvalue weighted by Gasteiger charge is 2.13. The summed E-state index contributed by atoms with van der Waals surface area (Å²) in [6.45, 7) is 5.95. The minimum absolute atomic E-state index is 0.393. The number of esters is 1. The molecule has 0 bridgehead atoms. The molecule has 0 aliphatic rings. The van der Waals surface area contributed by atoms with E-state index in [0.29, 0.717) is 17.9 Å². The highest BCUT2D eigenvalue weighted by atomic mass is 32.1. The van der Waals surface area contributed by atoms with Crippen LogP contribution in [0.1, 0.15) is 33.5 Å². The molecular formula is C19H26N4O3S. The smallest absolute Gasteiger partial charge is 0.341 e. The van der Waals surface area contributed by atoms with Crippen LogP contribution in [0.5, 0.6) is 5.75 Å². The summed E-state index contributed by atoms with van der Waals surface area (Å²) in [5, 5.41) is 9.68. The summed E-state index contributed by atoms with van der Waals surface area (Å²) in [5.74, 6) is 0.777. The molecule has 0 aliphatic carbocycles. The first-order chi connectivity index (χ1) is 13.1. The van der Waals surface area contributed by atoms with Crippen molar-refractivity contribution in [3.05, 3.63) is 45.4 Å². The first-order valence-corrected chi connectivity index (χ1v) is 9.63. The van der Waals surface area contributed by atoms with E-state index in [1.807, 2.05) is 19.9 Å². The molecule has 0 atom stereocenters. The minimum Gasteiger partial charge on any atom is -0.496 e. The first kappa shape index (κ1) is 20.7. The van der Waals surface area contributed by atoms with Crippen molar-refractivity contribution in [3.63, 3.8) is 0 Å². The molecule has 0 amide bonds. The van der Waals surface area contributed by atoms with Gasteiger partial charge in [-0.3, -0.25) is 0 Å². The van der Waals surface area contributed by atoms with Gasteiger partial charge < -0.3 is 20.1 Å². The van der Waals surface area contributed by atoms with E-state index >= 15 is 0 Å². The van der Waals surface area contributed by atoms with Crippen LogP contribution in [-0.2, 0) is 17.7 Å². The third kappa shape index (κ3) is 6.25. The molecule has 0 saturated carbocycles. The van der Waals surface area contributed by atoms with E-state index in [0.717, 1.165) is 41.7 Å². The van der Waals surface area contributed by atoms with Crippen molar-refractivity contribution in [2.24, 2.45) is 4.99 Å². The number of carbonyl (C=O) groups excluding carboxylic acids is 1. The van der Waals surface area contributed by atoms with Crippen LogP contribution < -0.4 is 15.4 Å². The van der Waals surface area contributed by atoms with Crippen molar-refractivity contribution in [1.82, 2.24) is 15.6 Å². The average molecular weight is 391 g/mol. The molecule has 0 fully saturated rings. The van der Waals surface area contributed by atoms with Gasteiger partial charge in [0.25, 0.3) is 0 Å². The summed E-state index contributed by atoms with van der Waals surface area (Å²) < 4.78 is 10.0. The molecule has 2 rings (SSSR count). The van der Waals surface area contributed by atoms with E-state index in [9.17, 15) is 4.79 Å². The van der Waals surface area contributed by atoms with Gasteiger partial charge in [-0.05, 0) is 31.5 Å². The summed E-state index contributed by atoms with van der Waals surface area (Å²) in [5.41, 5.74) is 2.37. The molecule has 1 aromatic carbocycles. The zero-order valence-corrected chi connectivity index (χ0v) is 17.0. The number of guanidine groups is 1. The van der Waals surface area contributed by atoms with Crippen molar-refractivity contribution in [2.45, 2.75) is 26.8 Å². The molecule has 8 heteroatoms. The van der Waals surface area contributed by atoms with Crippen molar-refractivity contribution < 1.29 is 14.3 Å². The molecule has 2 N–H and O–H groups in total. The van der Waals surface area contributed by atoms with E-state index in [1.165, 1.54) is 14.2 Å². The standard InChI is InChI=1S/C19H26N4O3S/c1-5-20-19(21-9-8-15-12-27-13(2)23-15)22-11-14-6-7-17(25-3)16(10-14)18(24)26-4/h6-7,10,12H,5,8-9,11H2,1-4H3,(H2,20,21,22). The molecule has 0 radical (unpaired) electrons. The molecule has 146 valence electrons. The van der Waals surface area contributed by atoms with Gasteiger partial charge in [-0.2, -0.15) is 0 Å². The normalized spacial score (nSPS) is 11.2. The van der Waals surface area contributed by atoms with E-state index in [2.05, 4.69) is 26.0 Å². The Hall–Kier alpha value is -2.61. The summed E-state index contributed by atoms with van der Waals surface area (Å²) in [6.07, 6.45) is 0.837. The molecule has 0 aliphatic heterocycles. The lowest BCUT2D eigenvalue weighted by molar-refractivity contribution is 0.0597. The number of hydrogen-bond acceptors (Lipinski definition) is 6. The molecule has 7 nitrogen and oxygen atoms in total. The number of rotatable bonds is 8. The fourth-order valence-corrected chi connectivity index (χ4v) is 3.11. The Morgan fingerprint density at radius 2 is 2.11 bits per heavy atom. The monoisotopic (exact) mass is 390 g/mol. The maximum absolute atomic E-state index is 11.9. The van der Waals surface area contributed by atoms with Crippen LogP contribution in [0.25, 0.3) is 0 Å². The van der Waals surface area contributed by atoms with Gasteiger partial charge in [0.1, 0.15) is 11.3 Å². The van der Waals surface area contributed by atoms with Gasteiger partial charge >= 0.3 is 5.97 Å². The topological polar surface area (TPSA) is 84.8 Å². The molecule has 2 aromatic rings. The molecule has 1 heterocycles. The largest absolute Gasteiger partial charge is 0.496 e.